The van der Waals surface area contributed by atoms with Gasteiger partial charge in [0, 0.05) is 31.3 Å². The van der Waals surface area contributed by atoms with Crippen molar-refractivity contribution in [3.8, 4) is 0 Å². The minimum Gasteiger partial charge on any atom is -0.343 e. The number of nitrogens with zero attached hydrogens (tertiary/aromatic N) is 2. The largest absolute Gasteiger partial charge is 0.343 e. The van der Waals surface area contributed by atoms with Crippen LogP contribution in [0, 0.1) is 10.1 Å². The molecule has 142 valence electrons. The SMILES string of the molecule is CN(Cc1cccc2ccccc12)C(=O)CNC(=O)c1cccc([N+](=O)[O-])c1. The monoisotopic (exact) mass is 377 g/mol. The molecule has 0 saturated heterocycles. The molecule has 2 amide bonds. The van der Waals surface area contributed by atoms with Crippen molar-refractivity contribution in [3.63, 3.8) is 0 Å². The number of fused-ring (bicyclic) bond motifs is 1. The van der Waals surface area contributed by atoms with E-state index in [1.807, 2.05) is 42.5 Å². The molecular formula is C21H19N3O4. The van der Waals surface area contributed by atoms with E-state index in [0.717, 1.165) is 16.3 Å². The van der Waals surface area contributed by atoms with Crippen molar-refractivity contribution in [2.24, 2.45) is 0 Å². The summed E-state index contributed by atoms with van der Waals surface area (Å²) in [6, 6.07) is 19.2. The molecule has 0 atom stereocenters. The third kappa shape index (κ3) is 4.32. The van der Waals surface area contributed by atoms with E-state index in [0.29, 0.717) is 6.54 Å². The number of amides is 2. The first kappa shape index (κ1) is 19.0. The van der Waals surface area contributed by atoms with Crippen LogP contribution < -0.4 is 5.32 Å². The molecule has 0 unspecified atom stereocenters. The number of non-ortho nitro benzene ring substituents is 1. The van der Waals surface area contributed by atoms with Crippen LogP contribution in [0.15, 0.2) is 66.7 Å². The molecule has 28 heavy (non-hydrogen) atoms. The second kappa shape index (κ2) is 8.30. The van der Waals surface area contributed by atoms with Crippen LogP contribution in [0.1, 0.15) is 15.9 Å². The Bertz CT molecular complexity index is 1040. The van der Waals surface area contributed by atoms with Gasteiger partial charge in [0.15, 0.2) is 0 Å². The quantitative estimate of drug-likeness (QED) is 0.528. The van der Waals surface area contributed by atoms with Crippen molar-refractivity contribution in [1.29, 1.82) is 0 Å². The van der Waals surface area contributed by atoms with E-state index in [9.17, 15) is 19.7 Å². The van der Waals surface area contributed by atoms with Crippen molar-refractivity contribution in [1.82, 2.24) is 10.2 Å². The molecule has 3 rings (SSSR count). The topological polar surface area (TPSA) is 92.6 Å². The van der Waals surface area contributed by atoms with E-state index >= 15 is 0 Å². The zero-order valence-electron chi connectivity index (χ0n) is 15.3. The Balaban J connectivity index is 1.62. The number of carbonyl (C=O) groups is 2. The Labute approximate surface area is 161 Å². The van der Waals surface area contributed by atoms with Gasteiger partial charge in [0.05, 0.1) is 11.5 Å². The zero-order chi connectivity index (χ0) is 20.1. The number of nitrogens with one attached hydrogen (secondary N) is 1. The first-order chi connectivity index (χ1) is 13.5. The van der Waals surface area contributed by atoms with Crippen LogP contribution in [0.25, 0.3) is 10.8 Å². The molecule has 7 heteroatoms. The van der Waals surface area contributed by atoms with E-state index < -0.39 is 10.8 Å². The first-order valence-electron chi connectivity index (χ1n) is 8.69. The average Bonchev–Trinajstić information content (AvgIpc) is 2.72. The molecule has 0 fully saturated rings. The number of likely N-dealkylation sites (N-methyl/N-ethyl adjacent to an activating group) is 1. The third-order valence-corrected chi connectivity index (χ3v) is 4.43. The Morgan fingerprint density at radius 1 is 1.04 bits per heavy atom. The highest BCUT2D eigenvalue weighted by Crippen LogP contribution is 2.19. The number of rotatable bonds is 6. The van der Waals surface area contributed by atoms with Crippen LogP contribution in [0.5, 0.6) is 0 Å². The maximum atomic E-state index is 12.4. The lowest BCUT2D eigenvalue weighted by atomic mass is 10.0. The van der Waals surface area contributed by atoms with Gasteiger partial charge in [-0.25, -0.2) is 0 Å². The number of carbonyl (C=O) groups excluding carboxylic acids is 2. The summed E-state index contributed by atoms with van der Waals surface area (Å²) in [6.07, 6.45) is 0. The van der Waals surface area contributed by atoms with E-state index in [1.54, 1.807) is 7.05 Å². The molecular weight excluding hydrogens is 358 g/mol. The predicted octanol–water partition coefficient (Wildman–Crippen LogP) is 3.14. The maximum absolute atomic E-state index is 12.4. The number of benzene rings is 3. The molecule has 0 aliphatic carbocycles. The molecule has 0 aliphatic heterocycles. The minimum absolute atomic E-state index is 0.138. The molecule has 1 N–H and O–H groups in total. The minimum atomic E-state index is -0.570. The molecule has 3 aromatic rings. The van der Waals surface area contributed by atoms with Gasteiger partial charge in [-0.3, -0.25) is 19.7 Å². The summed E-state index contributed by atoms with van der Waals surface area (Å²) >= 11 is 0. The van der Waals surface area contributed by atoms with Crippen molar-refractivity contribution >= 4 is 28.3 Å². The lowest BCUT2D eigenvalue weighted by Crippen LogP contribution is -2.37. The summed E-state index contributed by atoms with van der Waals surface area (Å²) in [5.74, 6) is -0.790. The smallest absolute Gasteiger partial charge is 0.270 e. The fourth-order valence-electron chi connectivity index (χ4n) is 2.93. The van der Waals surface area contributed by atoms with Crippen LogP contribution in [0.4, 0.5) is 5.69 Å². The van der Waals surface area contributed by atoms with Crippen molar-refractivity contribution in [3.05, 3.63) is 88.0 Å². The molecule has 0 spiro atoms. The molecule has 0 heterocycles. The van der Waals surface area contributed by atoms with Gasteiger partial charge >= 0.3 is 0 Å². The first-order valence-corrected chi connectivity index (χ1v) is 8.69. The zero-order valence-corrected chi connectivity index (χ0v) is 15.3. The van der Waals surface area contributed by atoms with Crippen molar-refractivity contribution < 1.29 is 14.5 Å². The van der Waals surface area contributed by atoms with E-state index in [1.165, 1.54) is 29.2 Å². The van der Waals surface area contributed by atoms with Crippen LogP contribution in [-0.2, 0) is 11.3 Å². The fraction of sp³-hybridized carbons (Fsp3) is 0.143. The number of nitro benzene ring substituents is 1. The van der Waals surface area contributed by atoms with Gasteiger partial charge in [-0.15, -0.1) is 0 Å². The van der Waals surface area contributed by atoms with Crippen LogP contribution >= 0.6 is 0 Å². The molecule has 0 aliphatic rings. The van der Waals surface area contributed by atoms with Gasteiger partial charge in [0.25, 0.3) is 11.6 Å². The maximum Gasteiger partial charge on any atom is 0.270 e. The lowest BCUT2D eigenvalue weighted by Gasteiger charge is -2.19. The van der Waals surface area contributed by atoms with Gasteiger partial charge in [-0.2, -0.15) is 0 Å². The van der Waals surface area contributed by atoms with Gasteiger partial charge in [-0.05, 0) is 22.4 Å². The third-order valence-electron chi connectivity index (χ3n) is 4.43. The lowest BCUT2D eigenvalue weighted by molar-refractivity contribution is -0.384. The highest BCUT2D eigenvalue weighted by atomic mass is 16.6. The predicted molar refractivity (Wildman–Crippen MR) is 106 cm³/mol. The van der Waals surface area contributed by atoms with Gasteiger partial charge < -0.3 is 10.2 Å². The fourth-order valence-corrected chi connectivity index (χ4v) is 2.93. The molecule has 3 aromatic carbocycles. The van der Waals surface area contributed by atoms with Crippen LogP contribution in [0.2, 0.25) is 0 Å². The van der Waals surface area contributed by atoms with E-state index in [4.69, 9.17) is 0 Å². The Morgan fingerprint density at radius 2 is 1.75 bits per heavy atom. The van der Waals surface area contributed by atoms with Gasteiger partial charge in [0.1, 0.15) is 0 Å². The summed E-state index contributed by atoms with van der Waals surface area (Å²) in [5.41, 5.74) is 0.977. The second-order valence-corrected chi connectivity index (χ2v) is 6.38. The van der Waals surface area contributed by atoms with Gasteiger partial charge in [-0.1, -0.05) is 48.5 Å². The molecule has 0 radical (unpaired) electrons. The van der Waals surface area contributed by atoms with Crippen LogP contribution in [-0.4, -0.2) is 35.2 Å². The van der Waals surface area contributed by atoms with E-state index in [2.05, 4.69) is 5.32 Å². The molecule has 0 saturated carbocycles. The van der Waals surface area contributed by atoms with Crippen LogP contribution in [0.3, 0.4) is 0 Å². The Hall–Kier alpha value is -3.74. The average molecular weight is 377 g/mol. The van der Waals surface area contributed by atoms with E-state index in [-0.39, 0.29) is 23.7 Å². The number of hydrogen-bond acceptors (Lipinski definition) is 4. The molecule has 0 bridgehead atoms. The highest BCUT2D eigenvalue weighted by molar-refractivity contribution is 5.97. The summed E-state index contributed by atoms with van der Waals surface area (Å²) in [7, 11) is 1.67. The summed E-state index contributed by atoms with van der Waals surface area (Å²) < 4.78 is 0. The Kier molecular flexibility index (Phi) is 5.64. The summed E-state index contributed by atoms with van der Waals surface area (Å²) in [5, 5.41) is 15.5. The van der Waals surface area contributed by atoms with Crippen molar-refractivity contribution in [2.75, 3.05) is 13.6 Å². The normalized spacial score (nSPS) is 10.5. The molecule has 0 aromatic heterocycles. The number of nitro groups is 1. The summed E-state index contributed by atoms with van der Waals surface area (Å²) in [6.45, 7) is 0.218. The summed E-state index contributed by atoms with van der Waals surface area (Å²) in [4.78, 5) is 36.4. The highest BCUT2D eigenvalue weighted by Gasteiger charge is 2.15. The standard InChI is InChI=1S/C21H19N3O4/c1-23(14-17-9-4-7-15-6-2-3-11-19(15)17)20(25)13-22-21(26)16-8-5-10-18(12-16)24(27)28/h2-12H,13-14H2,1H3,(H,22,26). The second-order valence-electron chi connectivity index (χ2n) is 6.38. The van der Waals surface area contributed by atoms with Gasteiger partial charge in [0.2, 0.25) is 5.91 Å². The Morgan fingerprint density at radius 3 is 2.54 bits per heavy atom. The molecule has 7 nitrogen and oxygen atoms in total. The number of hydrogen-bond donors (Lipinski definition) is 1. The van der Waals surface area contributed by atoms with Crippen molar-refractivity contribution in [2.45, 2.75) is 6.54 Å².